The third kappa shape index (κ3) is 8.06. The molecule has 0 saturated carbocycles. The standard InChI is InChI=1S/C23H40N2O3/c1-19(2)6-5-7-20(3)10-12-24-13-11-22(25-14-16-28-17-15-25)21(18-24)8-9-23(26)27-4/h6,10,21-22H,5,7-9,11-18H2,1-4H3/t21-,22+/m0/s1. The fourth-order valence-corrected chi connectivity index (χ4v) is 4.32. The molecule has 0 aromatic rings. The number of hydrogen-bond donors (Lipinski definition) is 0. The Bertz CT molecular complexity index is 534. The smallest absolute Gasteiger partial charge is 0.305 e. The first-order valence-electron chi connectivity index (χ1n) is 10.9. The maximum absolute atomic E-state index is 11.7. The van der Waals surface area contributed by atoms with Crippen LogP contribution in [0.4, 0.5) is 0 Å². The average Bonchev–Trinajstić information content (AvgIpc) is 2.70. The first-order chi connectivity index (χ1) is 13.5. The molecule has 5 nitrogen and oxygen atoms in total. The SMILES string of the molecule is COC(=O)CC[C@H]1CN(CC=C(C)CCC=C(C)C)CC[C@H]1N1CCOCC1. The predicted octanol–water partition coefficient (Wildman–Crippen LogP) is 3.66. The van der Waals surface area contributed by atoms with Crippen LogP contribution < -0.4 is 0 Å². The van der Waals surface area contributed by atoms with E-state index in [1.165, 1.54) is 24.7 Å². The van der Waals surface area contributed by atoms with Crippen LogP contribution in [0, 0.1) is 5.92 Å². The Morgan fingerprint density at radius 1 is 1.11 bits per heavy atom. The van der Waals surface area contributed by atoms with Gasteiger partial charge in [-0.2, -0.15) is 0 Å². The summed E-state index contributed by atoms with van der Waals surface area (Å²) < 4.78 is 10.4. The van der Waals surface area contributed by atoms with Crippen LogP contribution in [-0.2, 0) is 14.3 Å². The third-order valence-corrected chi connectivity index (χ3v) is 6.03. The number of carbonyl (C=O) groups is 1. The zero-order valence-corrected chi connectivity index (χ0v) is 18.4. The first kappa shape index (κ1) is 23.1. The topological polar surface area (TPSA) is 42.0 Å². The Labute approximate surface area is 171 Å². The predicted molar refractivity (Wildman–Crippen MR) is 114 cm³/mol. The molecule has 0 aromatic heterocycles. The van der Waals surface area contributed by atoms with E-state index in [1.54, 1.807) is 0 Å². The van der Waals surface area contributed by atoms with Crippen molar-refractivity contribution in [2.75, 3.05) is 53.0 Å². The van der Waals surface area contributed by atoms with Crippen molar-refractivity contribution in [2.24, 2.45) is 5.92 Å². The van der Waals surface area contributed by atoms with Crippen molar-refractivity contribution in [3.63, 3.8) is 0 Å². The highest BCUT2D eigenvalue weighted by Crippen LogP contribution is 2.27. The van der Waals surface area contributed by atoms with Gasteiger partial charge in [-0.15, -0.1) is 0 Å². The zero-order chi connectivity index (χ0) is 20.4. The maximum atomic E-state index is 11.7. The van der Waals surface area contributed by atoms with E-state index >= 15 is 0 Å². The Balaban J connectivity index is 1.90. The third-order valence-electron chi connectivity index (χ3n) is 6.03. The van der Waals surface area contributed by atoms with Crippen molar-refractivity contribution >= 4 is 5.97 Å². The summed E-state index contributed by atoms with van der Waals surface area (Å²) >= 11 is 0. The van der Waals surface area contributed by atoms with Crippen LogP contribution in [0.5, 0.6) is 0 Å². The van der Waals surface area contributed by atoms with Crippen LogP contribution in [0.15, 0.2) is 23.3 Å². The molecule has 2 aliphatic heterocycles. The van der Waals surface area contributed by atoms with Gasteiger partial charge in [0.2, 0.25) is 0 Å². The Morgan fingerprint density at radius 3 is 2.54 bits per heavy atom. The molecule has 2 aliphatic rings. The summed E-state index contributed by atoms with van der Waals surface area (Å²) in [6.45, 7) is 13.5. The molecular weight excluding hydrogens is 352 g/mol. The number of esters is 1. The van der Waals surface area contributed by atoms with E-state index in [1.807, 2.05) is 0 Å². The van der Waals surface area contributed by atoms with Crippen molar-refractivity contribution in [1.82, 2.24) is 9.80 Å². The van der Waals surface area contributed by atoms with E-state index in [2.05, 4.69) is 42.7 Å². The summed E-state index contributed by atoms with van der Waals surface area (Å²) in [5.74, 6) is 0.429. The van der Waals surface area contributed by atoms with Crippen molar-refractivity contribution in [3.05, 3.63) is 23.3 Å². The van der Waals surface area contributed by atoms with Crippen molar-refractivity contribution in [3.8, 4) is 0 Å². The van der Waals surface area contributed by atoms with E-state index in [4.69, 9.17) is 9.47 Å². The number of nitrogens with zero attached hydrogens (tertiary/aromatic N) is 2. The van der Waals surface area contributed by atoms with E-state index < -0.39 is 0 Å². The zero-order valence-electron chi connectivity index (χ0n) is 18.4. The minimum Gasteiger partial charge on any atom is -0.469 e. The molecule has 5 heteroatoms. The van der Waals surface area contributed by atoms with Gasteiger partial charge in [-0.25, -0.2) is 0 Å². The van der Waals surface area contributed by atoms with Crippen LogP contribution in [0.2, 0.25) is 0 Å². The van der Waals surface area contributed by atoms with Crippen molar-refractivity contribution < 1.29 is 14.3 Å². The van der Waals surface area contributed by atoms with E-state index in [-0.39, 0.29) is 5.97 Å². The highest BCUT2D eigenvalue weighted by Gasteiger charge is 2.33. The van der Waals surface area contributed by atoms with E-state index in [0.717, 1.165) is 65.2 Å². The molecule has 2 atom stereocenters. The number of rotatable bonds is 9. The van der Waals surface area contributed by atoms with Gasteiger partial charge in [0.05, 0.1) is 20.3 Å². The minimum absolute atomic E-state index is 0.0899. The highest BCUT2D eigenvalue weighted by molar-refractivity contribution is 5.69. The Morgan fingerprint density at radius 2 is 1.86 bits per heavy atom. The second-order valence-corrected chi connectivity index (χ2v) is 8.51. The second-order valence-electron chi connectivity index (χ2n) is 8.51. The van der Waals surface area contributed by atoms with Gasteiger partial charge < -0.3 is 9.47 Å². The lowest BCUT2D eigenvalue weighted by molar-refractivity contribution is -0.141. The van der Waals surface area contributed by atoms with Crippen molar-refractivity contribution in [2.45, 2.75) is 58.9 Å². The lowest BCUT2D eigenvalue weighted by atomic mass is 9.86. The van der Waals surface area contributed by atoms with Crippen LogP contribution in [0.25, 0.3) is 0 Å². The van der Waals surface area contributed by atoms with Crippen LogP contribution in [0.3, 0.4) is 0 Å². The Hall–Kier alpha value is -1.17. The number of allylic oxidation sites excluding steroid dienone is 3. The molecule has 2 heterocycles. The summed E-state index contributed by atoms with van der Waals surface area (Å²) in [5, 5.41) is 0. The van der Waals surface area contributed by atoms with Crippen LogP contribution in [-0.4, -0.2) is 74.9 Å². The van der Waals surface area contributed by atoms with Crippen LogP contribution >= 0.6 is 0 Å². The molecule has 0 spiro atoms. The van der Waals surface area contributed by atoms with Gasteiger partial charge >= 0.3 is 5.97 Å². The molecule has 2 fully saturated rings. The maximum Gasteiger partial charge on any atom is 0.305 e. The van der Waals surface area contributed by atoms with E-state index in [9.17, 15) is 4.79 Å². The number of piperidine rings is 1. The van der Waals surface area contributed by atoms with Gasteiger partial charge in [-0.1, -0.05) is 23.3 Å². The second kappa shape index (κ2) is 12.4. The summed E-state index contributed by atoms with van der Waals surface area (Å²) in [4.78, 5) is 16.8. The van der Waals surface area contributed by atoms with Crippen LogP contribution in [0.1, 0.15) is 52.9 Å². The van der Waals surface area contributed by atoms with Gasteiger partial charge in [0.25, 0.3) is 0 Å². The van der Waals surface area contributed by atoms with E-state index in [0.29, 0.717) is 18.4 Å². The fourth-order valence-electron chi connectivity index (χ4n) is 4.32. The number of hydrogen-bond acceptors (Lipinski definition) is 5. The quantitative estimate of drug-likeness (QED) is 0.442. The summed E-state index contributed by atoms with van der Waals surface area (Å²) in [6, 6.07) is 0.563. The van der Waals surface area contributed by atoms with Gasteiger partial charge in [-0.3, -0.25) is 14.6 Å². The molecule has 0 aromatic carbocycles. The van der Waals surface area contributed by atoms with Gasteiger partial charge in [0, 0.05) is 38.6 Å². The normalized spacial score (nSPS) is 24.8. The molecular formula is C23H40N2O3. The highest BCUT2D eigenvalue weighted by atomic mass is 16.5. The fraction of sp³-hybridized carbons (Fsp3) is 0.783. The molecule has 160 valence electrons. The molecule has 0 N–H and O–H groups in total. The summed E-state index contributed by atoms with van der Waals surface area (Å²) in [6.07, 6.45) is 9.59. The molecule has 0 unspecified atom stereocenters. The number of methoxy groups -OCH3 is 1. The number of ether oxygens (including phenoxy) is 2. The first-order valence-corrected chi connectivity index (χ1v) is 10.9. The van der Waals surface area contributed by atoms with Gasteiger partial charge in [-0.05, 0) is 58.9 Å². The molecule has 0 radical (unpaired) electrons. The molecule has 0 bridgehead atoms. The average molecular weight is 393 g/mol. The molecule has 0 aliphatic carbocycles. The molecule has 2 saturated heterocycles. The lowest BCUT2D eigenvalue weighted by Gasteiger charge is -2.45. The summed E-state index contributed by atoms with van der Waals surface area (Å²) in [5.41, 5.74) is 2.87. The number of morpholine rings is 1. The summed E-state index contributed by atoms with van der Waals surface area (Å²) in [7, 11) is 1.48. The number of carbonyl (C=O) groups excluding carboxylic acids is 1. The largest absolute Gasteiger partial charge is 0.469 e. The monoisotopic (exact) mass is 392 g/mol. The van der Waals surface area contributed by atoms with Gasteiger partial charge in [0.15, 0.2) is 0 Å². The van der Waals surface area contributed by atoms with Crippen molar-refractivity contribution in [1.29, 1.82) is 0 Å². The molecule has 28 heavy (non-hydrogen) atoms. The molecule has 2 rings (SSSR count). The number of likely N-dealkylation sites (tertiary alicyclic amines) is 1. The minimum atomic E-state index is -0.0899. The Kier molecular flexibility index (Phi) is 10.2. The molecule has 0 amide bonds. The van der Waals surface area contributed by atoms with Gasteiger partial charge in [0.1, 0.15) is 0 Å². The lowest BCUT2D eigenvalue weighted by Crippen LogP contribution is -2.54.